The number of rotatable bonds is 7. The minimum atomic E-state index is -3.08. The zero-order valence-electron chi connectivity index (χ0n) is 15.8. The molecule has 0 atom stereocenters. The first kappa shape index (κ1) is 20.0. The molecule has 0 aliphatic heterocycles. The summed E-state index contributed by atoms with van der Waals surface area (Å²) in [6.07, 6.45) is 1.20. The van der Waals surface area contributed by atoms with E-state index < -0.39 is 9.84 Å². The van der Waals surface area contributed by atoms with Gasteiger partial charge in [0.25, 0.3) is 5.91 Å². The molecule has 2 aromatic carbocycles. The Morgan fingerprint density at radius 1 is 0.923 bits per heavy atom. The van der Waals surface area contributed by atoms with E-state index in [1.807, 2.05) is 50.2 Å². The molecule has 26 heavy (non-hydrogen) atoms. The van der Waals surface area contributed by atoms with Crippen molar-refractivity contribution in [2.75, 3.05) is 31.8 Å². The highest BCUT2D eigenvalue weighted by Gasteiger charge is 2.15. The minimum Gasteiger partial charge on any atom is -0.378 e. The van der Waals surface area contributed by atoms with Crippen LogP contribution in [0.4, 0.5) is 5.69 Å². The topological polar surface area (TPSA) is 57.7 Å². The van der Waals surface area contributed by atoms with Crippen LogP contribution in [-0.2, 0) is 22.1 Å². The first-order chi connectivity index (χ1) is 12.2. The third kappa shape index (κ3) is 5.59. The molecule has 0 spiro atoms. The molecular formula is C20H26N2O3S. The third-order valence-electron chi connectivity index (χ3n) is 4.12. The number of sulfone groups is 1. The average molecular weight is 375 g/mol. The number of anilines is 1. The Labute approximate surface area is 156 Å². The molecule has 140 valence electrons. The fraction of sp³-hybridized carbons (Fsp3) is 0.350. The molecule has 0 heterocycles. The number of nitrogens with zero attached hydrogens (tertiary/aromatic N) is 2. The van der Waals surface area contributed by atoms with Crippen LogP contribution in [0, 0.1) is 0 Å². The van der Waals surface area contributed by atoms with Crippen molar-refractivity contribution in [1.82, 2.24) is 4.90 Å². The monoisotopic (exact) mass is 374 g/mol. The van der Waals surface area contributed by atoms with Gasteiger partial charge in [0.2, 0.25) is 0 Å². The highest BCUT2D eigenvalue weighted by molar-refractivity contribution is 7.89. The second kappa shape index (κ2) is 8.36. The maximum atomic E-state index is 12.8. The molecular weight excluding hydrogens is 348 g/mol. The molecule has 6 heteroatoms. The summed E-state index contributed by atoms with van der Waals surface area (Å²) in [7, 11) is 0.900. The first-order valence-electron chi connectivity index (χ1n) is 8.52. The first-order valence-corrected chi connectivity index (χ1v) is 10.6. The summed E-state index contributed by atoms with van der Waals surface area (Å²) in [5.41, 5.74) is 3.43. The van der Waals surface area contributed by atoms with Crippen LogP contribution >= 0.6 is 0 Å². The fourth-order valence-electron chi connectivity index (χ4n) is 2.68. The van der Waals surface area contributed by atoms with E-state index in [0.717, 1.165) is 11.3 Å². The molecule has 0 bridgehead atoms. The quantitative estimate of drug-likeness (QED) is 0.748. The van der Waals surface area contributed by atoms with Gasteiger partial charge < -0.3 is 9.80 Å². The van der Waals surface area contributed by atoms with E-state index in [1.165, 1.54) is 6.26 Å². The maximum absolute atomic E-state index is 12.8. The second-order valence-electron chi connectivity index (χ2n) is 6.65. The van der Waals surface area contributed by atoms with Crippen LogP contribution in [0.2, 0.25) is 0 Å². The van der Waals surface area contributed by atoms with Crippen LogP contribution in [0.5, 0.6) is 0 Å². The molecule has 2 rings (SSSR count). The van der Waals surface area contributed by atoms with Gasteiger partial charge in [0.05, 0.1) is 5.75 Å². The third-order valence-corrected chi connectivity index (χ3v) is 4.98. The van der Waals surface area contributed by atoms with Gasteiger partial charge >= 0.3 is 0 Å². The summed E-state index contributed by atoms with van der Waals surface area (Å²) in [4.78, 5) is 16.6. The van der Waals surface area contributed by atoms with Crippen LogP contribution in [0.1, 0.15) is 28.4 Å². The molecule has 0 N–H and O–H groups in total. The predicted molar refractivity (Wildman–Crippen MR) is 106 cm³/mol. The second-order valence-corrected chi connectivity index (χ2v) is 8.79. The van der Waals surface area contributed by atoms with E-state index in [4.69, 9.17) is 0 Å². The standard InChI is InChI=1S/C20H26N2O3S/c1-5-22(14-16-8-12-19(13-9-16)21(2)3)20(23)18-10-6-17(7-11-18)15-26(4,24)25/h6-13H,5,14-15H2,1-4H3. The van der Waals surface area contributed by atoms with E-state index in [1.54, 1.807) is 29.2 Å². The summed E-state index contributed by atoms with van der Waals surface area (Å²) in [6.45, 7) is 3.08. The molecule has 5 nitrogen and oxygen atoms in total. The zero-order chi connectivity index (χ0) is 19.3. The minimum absolute atomic E-state index is 0.0167. The van der Waals surface area contributed by atoms with Gasteiger partial charge in [0.15, 0.2) is 9.84 Å². The zero-order valence-corrected chi connectivity index (χ0v) is 16.6. The number of hydrogen-bond acceptors (Lipinski definition) is 4. The molecule has 2 aromatic rings. The van der Waals surface area contributed by atoms with Crippen molar-refractivity contribution in [2.24, 2.45) is 0 Å². The van der Waals surface area contributed by atoms with E-state index >= 15 is 0 Å². The lowest BCUT2D eigenvalue weighted by atomic mass is 10.1. The molecule has 0 unspecified atom stereocenters. The normalized spacial score (nSPS) is 11.2. The van der Waals surface area contributed by atoms with Gasteiger partial charge in [-0.15, -0.1) is 0 Å². The van der Waals surface area contributed by atoms with Crippen LogP contribution in [0.3, 0.4) is 0 Å². The molecule has 0 radical (unpaired) electrons. The molecule has 0 aromatic heterocycles. The maximum Gasteiger partial charge on any atom is 0.254 e. The summed E-state index contributed by atoms with van der Waals surface area (Å²) < 4.78 is 22.7. The lowest BCUT2D eigenvalue weighted by Gasteiger charge is -2.22. The van der Waals surface area contributed by atoms with Crippen molar-refractivity contribution >= 4 is 21.4 Å². The van der Waals surface area contributed by atoms with E-state index in [2.05, 4.69) is 0 Å². The Morgan fingerprint density at radius 3 is 1.92 bits per heavy atom. The highest BCUT2D eigenvalue weighted by Crippen LogP contribution is 2.16. The fourth-order valence-corrected chi connectivity index (χ4v) is 3.47. The van der Waals surface area contributed by atoms with Crippen molar-refractivity contribution in [3.05, 3.63) is 65.2 Å². The molecule has 0 saturated heterocycles. The van der Waals surface area contributed by atoms with Gasteiger partial charge in [-0.3, -0.25) is 4.79 Å². The average Bonchev–Trinajstić information content (AvgIpc) is 2.58. The van der Waals surface area contributed by atoms with Gasteiger partial charge in [-0.2, -0.15) is 0 Å². The van der Waals surface area contributed by atoms with Crippen LogP contribution in [0.25, 0.3) is 0 Å². The molecule has 0 aliphatic carbocycles. The molecule has 0 saturated carbocycles. The smallest absolute Gasteiger partial charge is 0.254 e. The van der Waals surface area contributed by atoms with Crippen molar-refractivity contribution in [3.63, 3.8) is 0 Å². The lowest BCUT2D eigenvalue weighted by Crippen LogP contribution is -2.30. The number of benzene rings is 2. The summed E-state index contributed by atoms with van der Waals surface area (Å²) in [5, 5.41) is 0. The van der Waals surface area contributed by atoms with Gasteiger partial charge in [-0.25, -0.2) is 8.42 Å². The van der Waals surface area contributed by atoms with Crippen LogP contribution in [-0.4, -0.2) is 46.1 Å². The number of hydrogen-bond donors (Lipinski definition) is 0. The Hall–Kier alpha value is -2.34. The summed E-state index contributed by atoms with van der Waals surface area (Å²) >= 11 is 0. The van der Waals surface area contributed by atoms with E-state index in [9.17, 15) is 13.2 Å². The largest absolute Gasteiger partial charge is 0.378 e. The van der Waals surface area contributed by atoms with Crippen molar-refractivity contribution in [2.45, 2.75) is 19.2 Å². The van der Waals surface area contributed by atoms with Gasteiger partial charge in [0, 0.05) is 44.7 Å². The van der Waals surface area contributed by atoms with E-state index in [0.29, 0.717) is 24.2 Å². The highest BCUT2D eigenvalue weighted by atomic mass is 32.2. The Kier molecular flexibility index (Phi) is 6.42. The summed E-state index contributed by atoms with van der Waals surface area (Å²) in [5.74, 6) is -0.0768. The van der Waals surface area contributed by atoms with Crippen LogP contribution < -0.4 is 4.90 Å². The van der Waals surface area contributed by atoms with Crippen molar-refractivity contribution in [3.8, 4) is 0 Å². The van der Waals surface area contributed by atoms with Gasteiger partial charge in [-0.1, -0.05) is 24.3 Å². The SMILES string of the molecule is CCN(Cc1ccc(N(C)C)cc1)C(=O)c1ccc(CS(C)(=O)=O)cc1. The number of carbonyl (C=O) groups is 1. The van der Waals surface area contributed by atoms with Gasteiger partial charge in [-0.05, 0) is 42.3 Å². The lowest BCUT2D eigenvalue weighted by molar-refractivity contribution is 0.0752. The van der Waals surface area contributed by atoms with E-state index in [-0.39, 0.29) is 11.7 Å². The summed E-state index contributed by atoms with van der Waals surface area (Å²) in [6, 6.07) is 14.9. The number of amides is 1. The van der Waals surface area contributed by atoms with Gasteiger partial charge in [0.1, 0.15) is 0 Å². The molecule has 0 aliphatic rings. The Morgan fingerprint density at radius 2 is 1.46 bits per heavy atom. The number of carbonyl (C=O) groups excluding carboxylic acids is 1. The van der Waals surface area contributed by atoms with Crippen molar-refractivity contribution in [1.29, 1.82) is 0 Å². The van der Waals surface area contributed by atoms with Crippen LogP contribution in [0.15, 0.2) is 48.5 Å². The molecule has 1 amide bonds. The Bertz CT molecular complexity index is 842. The predicted octanol–water partition coefficient (Wildman–Crippen LogP) is 2.96. The van der Waals surface area contributed by atoms with Crippen molar-refractivity contribution < 1.29 is 13.2 Å². The Balaban J connectivity index is 2.10. The molecule has 0 fully saturated rings.